The second-order valence-electron chi connectivity index (χ2n) is 6.33. The number of nitrogens with one attached hydrogen (secondary N) is 1. The second-order valence-corrected chi connectivity index (χ2v) is 6.33. The van der Waals surface area contributed by atoms with E-state index < -0.39 is 5.82 Å². The first-order valence-corrected chi connectivity index (χ1v) is 7.61. The smallest absolute Gasteiger partial charge is 0.220 e. The van der Waals surface area contributed by atoms with Crippen molar-refractivity contribution in [1.29, 1.82) is 5.26 Å². The monoisotopic (exact) mass is 286 g/mol. The molecule has 0 saturated heterocycles. The molecule has 2 bridgehead atoms. The number of rotatable bonds is 4. The Morgan fingerprint density at radius 3 is 2.86 bits per heavy atom. The molecule has 3 nitrogen and oxygen atoms in total. The summed E-state index contributed by atoms with van der Waals surface area (Å²) in [4.78, 5) is 12.0. The lowest BCUT2D eigenvalue weighted by Gasteiger charge is -2.20. The van der Waals surface area contributed by atoms with E-state index in [2.05, 4.69) is 5.32 Å². The Hall–Kier alpha value is -1.89. The summed E-state index contributed by atoms with van der Waals surface area (Å²) in [7, 11) is 0. The highest BCUT2D eigenvalue weighted by Crippen LogP contribution is 2.49. The van der Waals surface area contributed by atoms with Gasteiger partial charge in [-0.25, -0.2) is 4.39 Å². The van der Waals surface area contributed by atoms with Gasteiger partial charge < -0.3 is 5.32 Å². The van der Waals surface area contributed by atoms with Crippen molar-refractivity contribution in [3.8, 4) is 6.07 Å². The zero-order chi connectivity index (χ0) is 14.8. The molecular formula is C17H19FN2O. The van der Waals surface area contributed by atoms with Gasteiger partial charge in [0.05, 0.1) is 11.6 Å². The van der Waals surface area contributed by atoms with E-state index in [-0.39, 0.29) is 12.5 Å². The number of benzene rings is 1. The number of carbonyl (C=O) groups is 1. The van der Waals surface area contributed by atoms with E-state index in [9.17, 15) is 9.18 Å². The number of carbonyl (C=O) groups excluding carboxylic acids is 1. The Morgan fingerprint density at radius 1 is 1.38 bits per heavy atom. The van der Waals surface area contributed by atoms with Crippen LogP contribution in [-0.2, 0) is 11.3 Å². The minimum atomic E-state index is -0.436. The SMILES string of the molecule is N#Cc1ccc(CNC(=O)CC2CC3CCC2C3)c(F)c1. The molecule has 1 aromatic carbocycles. The van der Waals surface area contributed by atoms with Crippen LogP contribution in [0.25, 0.3) is 0 Å². The minimum absolute atomic E-state index is 0.0105. The number of nitrogens with zero attached hydrogens (tertiary/aromatic N) is 1. The van der Waals surface area contributed by atoms with Crippen molar-refractivity contribution in [2.45, 2.75) is 38.6 Å². The van der Waals surface area contributed by atoms with Crippen LogP contribution in [0.4, 0.5) is 4.39 Å². The van der Waals surface area contributed by atoms with Gasteiger partial charge in [0.15, 0.2) is 0 Å². The Bertz CT molecular complexity index is 593. The molecule has 1 amide bonds. The van der Waals surface area contributed by atoms with Gasteiger partial charge in [0.25, 0.3) is 0 Å². The molecule has 2 saturated carbocycles. The molecule has 110 valence electrons. The van der Waals surface area contributed by atoms with Crippen molar-refractivity contribution < 1.29 is 9.18 Å². The third-order valence-corrected chi connectivity index (χ3v) is 4.99. The van der Waals surface area contributed by atoms with E-state index in [0.717, 1.165) is 11.8 Å². The molecule has 3 unspecified atom stereocenters. The van der Waals surface area contributed by atoms with Gasteiger partial charge in [-0.05, 0) is 49.1 Å². The lowest BCUT2D eigenvalue weighted by Crippen LogP contribution is -2.27. The van der Waals surface area contributed by atoms with E-state index in [0.29, 0.717) is 23.5 Å². The fraction of sp³-hybridized carbons (Fsp3) is 0.529. The number of hydrogen-bond acceptors (Lipinski definition) is 2. The van der Waals surface area contributed by atoms with Crippen LogP contribution >= 0.6 is 0 Å². The maximum atomic E-state index is 13.7. The first-order chi connectivity index (χ1) is 10.2. The third-order valence-electron chi connectivity index (χ3n) is 4.99. The van der Waals surface area contributed by atoms with Gasteiger partial charge in [0.1, 0.15) is 5.82 Å². The molecule has 0 spiro atoms. The van der Waals surface area contributed by atoms with Crippen LogP contribution in [0.5, 0.6) is 0 Å². The van der Waals surface area contributed by atoms with Gasteiger partial charge in [-0.15, -0.1) is 0 Å². The van der Waals surface area contributed by atoms with Gasteiger partial charge in [0.2, 0.25) is 5.91 Å². The van der Waals surface area contributed by atoms with E-state index in [1.807, 2.05) is 6.07 Å². The van der Waals surface area contributed by atoms with Crippen molar-refractivity contribution in [2.24, 2.45) is 17.8 Å². The largest absolute Gasteiger partial charge is 0.352 e. The van der Waals surface area contributed by atoms with Crippen LogP contribution in [0.1, 0.15) is 43.2 Å². The zero-order valence-corrected chi connectivity index (χ0v) is 11.9. The summed E-state index contributed by atoms with van der Waals surface area (Å²) in [5.74, 6) is 1.66. The van der Waals surface area contributed by atoms with Gasteiger partial charge in [-0.3, -0.25) is 4.79 Å². The third kappa shape index (κ3) is 3.07. The van der Waals surface area contributed by atoms with Gasteiger partial charge >= 0.3 is 0 Å². The average molecular weight is 286 g/mol. The van der Waals surface area contributed by atoms with Crippen LogP contribution in [0.2, 0.25) is 0 Å². The first kappa shape index (κ1) is 14.1. The summed E-state index contributed by atoms with van der Waals surface area (Å²) in [5, 5.41) is 11.5. The molecule has 2 aliphatic rings. The van der Waals surface area contributed by atoms with E-state index in [4.69, 9.17) is 5.26 Å². The van der Waals surface area contributed by atoms with E-state index in [1.165, 1.54) is 31.7 Å². The van der Waals surface area contributed by atoms with E-state index >= 15 is 0 Å². The van der Waals surface area contributed by atoms with E-state index in [1.54, 1.807) is 12.1 Å². The number of nitriles is 1. The molecule has 21 heavy (non-hydrogen) atoms. The highest BCUT2D eigenvalue weighted by Gasteiger charge is 2.39. The summed E-state index contributed by atoms with van der Waals surface area (Å²) in [5.41, 5.74) is 0.722. The molecule has 3 atom stereocenters. The summed E-state index contributed by atoms with van der Waals surface area (Å²) in [6.45, 7) is 0.192. The first-order valence-electron chi connectivity index (χ1n) is 7.61. The number of halogens is 1. The quantitative estimate of drug-likeness (QED) is 0.924. The Kier molecular flexibility index (Phi) is 3.92. The van der Waals surface area contributed by atoms with Crippen molar-refractivity contribution >= 4 is 5.91 Å². The van der Waals surface area contributed by atoms with Crippen LogP contribution in [0, 0.1) is 34.9 Å². The zero-order valence-electron chi connectivity index (χ0n) is 11.9. The van der Waals surface area contributed by atoms with Crippen molar-refractivity contribution in [3.05, 3.63) is 35.1 Å². The Morgan fingerprint density at radius 2 is 2.24 bits per heavy atom. The summed E-state index contributed by atoms with van der Waals surface area (Å²) >= 11 is 0. The minimum Gasteiger partial charge on any atom is -0.352 e. The lowest BCUT2D eigenvalue weighted by atomic mass is 9.86. The molecule has 4 heteroatoms. The fourth-order valence-electron chi connectivity index (χ4n) is 3.89. The standard InChI is InChI=1S/C17H19FN2O/c18-16-7-12(9-19)2-4-14(16)10-20-17(21)8-15-6-11-1-3-13(15)5-11/h2,4,7,11,13,15H,1,3,5-6,8,10H2,(H,20,21). The Balaban J connectivity index is 1.51. The van der Waals surface area contributed by atoms with Crippen LogP contribution in [-0.4, -0.2) is 5.91 Å². The highest BCUT2D eigenvalue weighted by molar-refractivity contribution is 5.76. The maximum absolute atomic E-state index is 13.7. The average Bonchev–Trinajstić information content (AvgIpc) is 3.08. The van der Waals surface area contributed by atoms with Crippen molar-refractivity contribution in [1.82, 2.24) is 5.32 Å². The molecule has 3 rings (SSSR count). The maximum Gasteiger partial charge on any atom is 0.220 e. The second kappa shape index (κ2) is 5.85. The highest BCUT2D eigenvalue weighted by atomic mass is 19.1. The van der Waals surface area contributed by atoms with Gasteiger partial charge in [-0.1, -0.05) is 12.5 Å². The van der Waals surface area contributed by atoms with Crippen LogP contribution in [0.15, 0.2) is 18.2 Å². The van der Waals surface area contributed by atoms with Gasteiger partial charge in [0, 0.05) is 18.5 Å². The number of fused-ring (bicyclic) bond motifs is 2. The molecule has 1 N–H and O–H groups in total. The number of hydrogen-bond donors (Lipinski definition) is 1. The summed E-state index contributed by atoms with van der Waals surface area (Å²) < 4.78 is 13.7. The molecule has 2 aliphatic carbocycles. The fourth-order valence-corrected chi connectivity index (χ4v) is 3.89. The lowest BCUT2D eigenvalue weighted by molar-refractivity contribution is -0.122. The molecule has 2 fully saturated rings. The van der Waals surface area contributed by atoms with Crippen molar-refractivity contribution in [3.63, 3.8) is 0 Å². The predicted octanol–water partition coefficient (Wildman–Crippen LogP) is 3.14. The predicted molar refractivity (Wildman–Crippen MR) is 76.5 cm³/mol. The molecule has 0 radical (unpaired) electrons. The van der Waals surface area contributed by atoms with Crippen molar-refractivity contribution in [2.75, 3.05) is 0 Å². The molecule has 0 aliphatic heterocycles. The molecular weight excluding hydrogens is 267 g/mol. The molecule has 0 heterocycles. The molecule has 1 aromatic rings. The summed E-state index contributed by atoms with van der Waals surface area (Å²) in [6, 6.07) is 6.23. The molecule has 0 aromatic heterocycles. The topological polar surface area (TPSA) is 52.9 Å². The normalized spacial score (nSPS) is 26.6. The Labute approximate surface area is 124 Å². The summed E-state index contributed by atoms with van der Waals surface area (Å²) in [6.07, 6.45) is 5.65. The number of amides is 1. The van der Waals surface area contributed by atoms with Crippen LogP contribution in [0.3, 0.4) is 0 Å². The van der Waals surface area contributed by atoms with Gasteiger partial charge in [-0.2, -0.15) is 5.26 Å². The van der Waals surface area contributed by atoms with Crippen LogP contribution < -0.4 is 5.32 Å².